The number of aromatic carboxylic acids is 1. The van der Waals surface area contributed by atoms with Crippen LogP contribution in [0.1, 0.15) is 44.2 Å². The SMILES string of the molecule is CC(C)(C)C1CCN(c2ccc(C(=O)O)o2)CC1. The van der Waals surface area contributed by atoms with Crippen LogP contribution >= 0.6 is 0 Å². The Kier molecular flexibility index (Phi) is 3.37. The molecule has 4 heteroatoms. The molecule has 2 rings (SSSR count). The Bertz CT molecular complexity index is 422. The Balaban J connectivity index is 1.99. The van der Waals surface area contributed by atoms with E-state index in [9.17, 15) is 4.79 Å². The van der Waals surface area contributed by atoms with Gasteiger partial charge in [-0.25, -0.2) is 4.79 Å². The highest BCUT2D eigenvalue weighted by atomic mass is 16.4. The molecule has 1 aromatic rings. The van der Waals surface area contributed by atoms with Gasteiger partial charge in [0.15, 0.2) is 5.88 Å². The van der Waals surface area contributed by atoms with Crippen LogP contribution in [0.2, 0.25) is 0 Å². The number of carboxylic acids is 1. The molecular weight excluding hydrogens is 230 g/mol. The van der Waals surface area contributed by atoms with Gasteiger partial charge in [0, 0.05) is 19.2 Å². The van der Waals surface area contributed by atoms with Crippen LogP contribution in [-0.2, 0) is 0 Å². The van der Waals surface area contributed by atoms with E-state index in [0.717, 1.165) is 31.8 Å². The summed E-state index contributed by atoms with van der Waals surface area (Å²) in [6.07, 6.45) is 2.26. The highest BCUT2D eigenvalue weighted by Crippen LogP contribution is 2.35. The molecule has 1 fully saturated rings. The molecule has 0 bridgehead atoms. The van der Waals surface area contributed by atoms with Crippen LogP contribution in [0.3, 0.4) is 0 Å². The van der Waals surface area contributed by atoms with Crippen molar-refractivity contribution in [1.29, 1.82) is 0 Å². The smallest absolute Gasteiger partial charge is 0.371 e. The summed E-state index contributed by atoms with van der Waals surface area (Å²) in [4.78, 5) is 12.9. The van der Waals surface area contributed by atoms with Gasteiger partial charge in [0.2, 0.25) is 5.76 Å². The molecule has 0 radical (unpaired) electrons. The van der Waals surface area contributed by atoms with E-state index in [-0.39, 0.29) is 5.76 Å². The van der Waals surface area contributed by atoms with Crippen molar-refractivity contribution in [3.8, 4) is 0 Å². The van der Waals surface area contributed by atoms with Gasteiger partial charge in [0.25, 0.3) is 0 Å². The molecule has 0 atom stereocenters. The van der Waals surface area contributed by atoms with Crippen LogP contribution in [0.4, 0.5) is 5.88 Å². The van der Waals surface area contributed by atoms with E-state index in [4.69, 9.17) is 9.52 Å². The van der Waals surface area contributed by atoms with Crippen molar-refractivity contribution in [2.24, 2.45) is 11.3 Å². The maximum absolute atomic E-state index is 10.8. The standard InChI is InChI=1S/C14H21NO3/c1-14(2,3)10-6-8-15(9-7-10)12-5-4-11(18-12)13(16)17/h4-5,10H,6-9H2,1-3H3,(H,16,17). The molecule has 0 aromatic carbocycles. The van der Waals surface area contributed by atoms with Gasteiger partial charge in [0.1, 0.15) is 0 Å². The summed E-state index contributed by atoms with van der Waals surface area (Å²) in [6.45, 7) is 8.72. The predicted molar refractivity (Wildman–Crippen MR) is 70.1 cm³/mol. The number of rotatable bonds is 2. The highest BCUT2D eigenvalue weighted by molar-refractivity contribution is 5.84. The minimum atomic E-state index is -1.01. The van der Waals surface area contributed by atoms with E-state index in [2.05, 4.69) is 25.7 Å². The molecule has 1 aliphatic rings. The van der Waals surface area contributed by atoms with E-state index >= 15 is 0 Å². The van der Waals surface area contributed by atoms with Crippen molar-refractivity contribution in [3.63, 3.8) is 0 Å². The molecular formula is C14H21NO3. The highest BCUT2D eigenvalue weighted by Gasteiger charge is 2.29. The van der Waals surface area contributed by atoms with Gasteiger partial charge in [-0.2, -0.15) is 0 Å². The first-order valence-electron chi connectivity index (χ1n) is 6.46. The second-order valence-electron chi connectivity index (χ2n) is 6.07. The van der Waals surface area contributed by atoms with Crippen molar-refractivity contribution in [2.75, 3.05) is 18.0 Å². The zero-order chi connectivity index (χ0) is 13.3. The fourth-order valence-electron chi connectivity index (χ4n) is 2.58. The largest absolute Gasteiger partial charge is 0.475 e. The molecule has 1 aliphatic heterocycles. The first-order valence-corrected chi connectivity index (χ1v) is 6.46. The number of hydrogen-bond acceptors (Lipinski definition) is 3. The summed E-state index contributed by atoms with van der Waals surface area (Å²) < 4.78 is 5.33. The maximum atomic E-state index is 10.8. The molecule has 1 aromatic heterocycles. The number of furan rings is 1. The average molecular weight is 251 g/mol. The lowest BCUT2D eigenvalue weighted by Crippen LogP contribution is -2.37. The first kappa shape index (κ1) is 13.0. The van der Waals surface area contributed by atoms with E-state index in [1.165, 1.54) is 6.07 Å². The van der Waals surface area contributed by atoms with Gasteiger partial charge in [-0.15, -0.1) is 0 Å². The fraction of sp³-hybridized carbons (Fsp3) is 0.643. The van der Waals surface area contributed by atoms with Crippen LogP contribution in [0, 0.1) is 11.3 Å². The van der Waals surface area contributed by atoms with Gasteiger partial charge >= 0.3 is 5.97 Å². The average Bonchev–Trinajstić information content (AvgIpc) is 2.77. The van der Waals surface area contributed by atoms with E-state index < -0.39 is 5.97 Å². The second kappa shape index (κ2) is 4.67. The lowest BCUT2D eigenvalue weighted by Gasteiger charge is -2.38. The van der Waals surface area contributed by atoms with Crippen molar-refractivity contribution in [3.05, 3.63) is 17.9 Å². The third-order valence-corrected chi connectivity index (χ3v) is 3.83. The third kappa shape index (κ3) is 2.68. The van der Waals surface area contributed by atoms with Crippen molar-refractivity contribution >= 4 is 11.9 Å². The number of piperidine rings is 1. The number of hydrogen-bond donors (Lipinski definition) is 1. The van der Waals surface area contributed by atoms with Gasteiger partial charge in [-0.1, -0.05) is 20.8 Å². The molecule has 18 heavy (non-hydrogen) atoms. The number of anilines is 1. The third-order valence-electron chi connectivity index (χ3n) is 3.83. The fourth-order valence-corrected chi connectivity index (χ4v) is 2.58. The molecule has 0 spiro atoms. The Morgan fingerprint density at radius 1 is 1.33 bits per heavy atom. The number of nitrogens with zero attached hydrogens (tertiary/aromatic N) is 1. The molecule has 0 saturated carbocycles. The molecule has 0 unspecified atom stereocenters. The Morgan fingerprint density at radius 3 is 2.39 bits per heavy atom. The van der Waals surface area contributed by atoms with Crippen LogP contribution in [0.15, 0.2) is 16.5 Å². The van der Waals surface area contributed by atoms with Gasteiger partial charge in [0.05, 0.1) is 0 Å². The lowest BCUT2D eigenvalue weighted by atomic mass is 9.75. The topological polar surface area (TPSA) is 53.7 Å². The van der Waals surface area contributed by atoms with Crippen LogP contribution in [-0.4, -0.2) is 24.2 Å². The number of carbonyl (C=O) groups is 1. The minimum Gasteiger partial charge on any atom is -0.475 e. The van der Waals surface area contributed by atoms with E-state index in [1.54, 1.807) is 6.07 Å². The van der Waals surface area contributed by atoms with Crippen molar-refractivity contribution in [2.45, 2.75) is 33.6 Å². The summed E-state index contributed by atoms with van der Waals surface area (Å²) in [7, 11) is 0. The molecule has 2 heterocycles. The first-order chi connectivity index (χ1) is 8.38. The lowest BCUT2D eigenvalue weighted by molar-refractivity contribution is 0.0663. The van der Waals surface area contributed by atoms with Crippen molar-refractivity contribution < 1.29 is 14.3 Å². The summed E-state index contributed by atoms with van der Waals surface area (Å²) in [6, 6.07) is 3.27. The number of carboxylic acid groups (broad SMARTS) is 1. The molecule has 1 N–H and O–H groups in total. The summed E-state index contributed by atoms with van der Waals surface area (Å²) >= 11 is 0. The Hall–Kier alpha value is -1.45. The van der Waals surface area contributed by atoms with E-state index in [1.807, 2.05) is 0 Å². The van der Waals surface area contributed by atoms with Gasteiger partial charge in [-0.3, -0.25) is 0 Å². The second-order valence-corrected chi connectivity index (χ2v) is 6.07. The molecule has 100 valence electrons. The summed E-state index contributed by atoms with van der Waals surface area (Å²) in [5, 5.41) is 8.83. The van der Waals surface area contributed by atoms with Crippen molar-refractivity contribution in [1.82, 2.24) is 0 Å². The maximum Gasteiger partial charge on any atom is 0.371 e. The molecule has 1 saturated heterocycles. The summed E-state index contributed by atoms with van der Waals surface area (Å²) in [5.41, 5.74) is 0.349. The molecule has 0 aliphatic carbocycles. The minimum absolute atomic E-state index is 0.0166. The predicted octanol–water partition coefficient (Wildman–Crippen LogP) is 3.24. The Labute approximate surface area is 108 Å². The normalized spacial score (nSPS) is 18.1. The van der Waals surface area contributed by atoms with Crippen LogP contribution < -0.4 is 4.90 Å². The van der Waals surface area contributed by atoms with Crippen LogP contribution in [0.5, 0.6) is 0 Å². The van der Waals surface area contributed by atoms with Gasteiger partial charge < -0.3 is 14.4 Å². The quantitative estimate of drug-likeness (QED) is 0.876. The zero-order valence-electron chi connectivity index (χ0n) is 11.3. The Morgan fingerprint density at radius 2 is 1.94 bits per heavy atom. The van der Waals surface area contributed by atoms with Crippen LogP contribution in [0.25, 0.3) is 0 Å². The molecule has 4 nitrogen and oxygen atoms in total. The molecule has 0 amide bonds. The van der Waals surface area contributed by atoms with Gasteiger partial charge in [-0.05, 0) is 30.2 Å². The zero-order valence-corrected chi connectivity index (χ0v) is 11.3. The van der Waals surface area contributed by atoms with E-state index in [0.29, 0.717) is 11.3 Å². The monoisotopic (exact) mass is 251 g/mol. The summed E-state index contributed by atoms with van der Waals surface area (Å²) in [5.74, 6) is 0.413.